The Hall–Kier alpha value is -3.16. The van der Waals surface area contributed by atoms with Gasteiger partial charge < -0.3 is 15.8 Å². The topological polar surface area (TPSA) is 90.3 Å². The molecule has 0 spiro atoms. The third kappa shape index (κ3) is 6.46. The zero-order chi connectivity index (χ0) is 24.5. The van der Waals surface area contributed by atoms with Crippen molar-refractivity contribution >= 4 is 17.3 Å². The fourth-order valence-corrected chi connectivity index (χ4v) is 3.77. The predicted octanol–water partition coefficient (Wildman–Crippen LogP) is 4.83. The molecule has 3 aromatic rings. The lowest BCUT2D eigenvalue weighted by atomic mass is 10.00. The van der Waals surface area contributed by atoms with Crippen LogP contribution >= 0.6 is 11.6 Å². The highest BCUT2D eigenvalue weighted by Gasteiger charge is 2.22. The summed E-state index contributed by atoms with van der Waals surface area (Å²) in [6, 6.07) is 13.8. The van der Waals surface area contributed by atoms with Gasteiger partial charge in [-0.25, -0.2) is 0 Å². The van der Waals surface area contributed by atoms with Crippen molar-refractivity contribution in [1.29, 1.82) is 0 Å². The number of nitrogens with two attached hydrogens (primary N) is 1. The normalized spacial score (nSPS) is 11.9. The number of hydrogen-bond donors (Lipinski definition) is 2. The fourth-order valence-electron chi connectivity index (χ4n) is 3.64. The van der Waals surface area contributed by atoms with Crippen molar-refractivity contribution in [2.45, 2.75) is 40.2 Å². The quantitative estimate of drug-likeness (QED) is 0.451. The van der Waals surface area contributed by atoms with Crippen LogP contribution < -0.4 is 15.8 Å². The van der Waals surface area contributed by atoms with Gasteiger partial charge in [-0.05, 0) is 70.5 Å². The molecule has 3 N–H and O–H groups in total. The van der Waals surface area contributed by atoms with Crippen LogP contribution in [0.5, 0.6) is 5.75 Å². The van der Waals surface area contributed by atoms with Gasteiger partial charge in [0.15, 0.2) is 5.82 Å². The first-order chi connectivity index (χ1) is 16.4. The molecule has 0 saturated carbocycles. The molecule has 1 aliphatic rings. The minimum absolute atomic E-state index is 0.459. The summed E-state index contributed by atoms with van der Waals surface area (Å²) >= 11 is 6.08. The predicted molar refractivity (Wildman–Crippen MR) is 139 cm³/mol. The molecule has 7 nitrogen and oxygen atoms in total. The van der Waals surface area contributed by atoms with Crippen LogP contribution in [-0.2, 0) is 6.54 Å². The third-order valence-electron chi connectivity index (χ3n) is 5.20. The highest BCUT2D eigenvalue weighted by molar-refractivity contribution is 6.30. The van der Waals surface area contributed by atoms with Gasteiger partial charge in [0.2, 0.25) is 0 Å². The van der Waals surface area contributed by atoms with E-state index < -0.39 is 0 Å². The lowest BCUT2D eigenvalue weighted by Gasteiger charge is -2.15. The molecule has 0 bridgehead atoms. The van der Waals surface area contributed by atoms with Gasteiger partial charge in [-0.3, -0.25) is 9.56 Å². The second-order valence-electron chi connectivity index (χ2n) is 8.00. The number of nitrogens with one attached hydrogen (secondary N) is 1. The molecule has 0 saturated heterocycles. The highest BCUT2D eigenvalue weighted by atomic mass is 35.5. The summed E-state index contributed by atoms with van der Waals surface area (Å²) in [5.74, 6) is 2.46. The Bertz CT molecular complexity index is 1140. The van der Waals surface area contributed by atoms with Gasteiger partial charge in [0.1, 0.15) is 18.1 Å². The van der Waals surface area contributed by atoms with Gasteiger partial charge in [0, 0.05) is 28.4 Å². The van der Waals surface area contributed by atoms with Gasteiger partial charge in [-0.15, -0.1) is 10.2 Å². The monoisotopic (exact) mass is 480 g/mol. The Morgan fingerprint density at radius 3 is 2.59 bits per heavy atom. The van der Waals surface area contributed by atoms with E-state index in [2.05, 4.69) is 33.6 Å². The van der Waals surface area contributed by atoms with Crippen LogP contribution in [0.4, 0.5) is 0 Å². The molecule has 2 aromatic carbocycles. The van der Waals surface area contributed by atoms with E-state index in [4.69, 9.17) is 27.1 Å². The van der Waals surface area contributed by atoms with Crippen molar-refractivity contribution in [2.24, 2.45) is 10.7 Å². The summed E-state index contributed by atoms with van der Waals surface area (Å²) in [5.41, 5.74) is 10.5. The Labute approximate surface area is 206 Å². The molecule has 2 heterocycles. The molecule has 0 fully saturated rings. The van der Waals surface area contributed by atoms with E-state index in [9.17, 15) is 0 Å². The number of hydrogen-bond acceptors (Lipinski definition) is 6. The maximum Gasteiger partial charge on any atom is 0.159 e. The van der Waals surface area contributed by atoms with E-state index >= 15 is 0 Å². The standard InChI is InChI=1S/C21H22ClN5O.C5H11N/c1-14-25-26-20-13-24-21(15-4-6-16(22)7-5-15)18-12-17(28-11-3-2-10-23)8-9-19(18)27(14)20;1-4-6-5(2)3/h4-9,12H,2-3,10-11,13,23H2,1H3;6H,2,4H2,1,3H3. The van der Waals surface area contributed by atoms with Crippen LogP contribution in [0.15, 0.2) is 59.7 Å². The lowest BCUT2D eigenvalue weighted by Crippen LogP contribution is -2.09. The Morgan fingerprint density at radius 2 is 1.94 bits per heavy atom. The summed E-state index contributed by atoms with van der Waals surface area (Å²) in [5, 5.41) is 12.2. The second kappa shape index (κ2) is 12.3. The molecule has 4 rings (SSSR count). The van der Waals surface area contributed by atoms with Crippen molar-refractivity contribution < 1.29 is 4.74 Å². The van der Waals surface area contributed by atoms with Crippen LogP contribution in [0.2, 0.25) is 5.02 Å². The number of aromatic nitrogens is 3. The minimum Gasteiger partial charge on any atom is -0.494 e. The maximum atomic E-state index is 6.08. The summed E-state index contributed by atoms with van der Waals surface area (Å²) in [6.07, 6.45) is 1.88. The largest absolute Gasteiger partial charge is 0.494 e. The zero-order valence-electron chi connectivity index (χ0n) is 20.1. The number of nitrogens with zero attached hydrogens (tertiary/aromatic N) is 4. The molecule has 180 valence electrons. The molecule has 0 radical (unpaired) electrons. The third-order valence-corrected chi connectivity index (χ3v) is 5.45. The highest BCUT2D eigenvalue weighted by Crippen LogP contribution is 2.29. The van der Waals surface area contributed by atoms with E-state index in [1.165, 1.54) is 0 Å². The molecule has 0 aliphatic carbocycles. The number of halogens is 1. The number of unbranched alkanes of at least 4 members (excludes halogenated alkanes) is 1. The van der Waals surface area contributed by atoms with Crippen LogP contribution in [0.3, 0.4) is 0 Å². The fraction of sp³-hybridized carbons (Fsp3) is 0.346. The van der Waals surface area contributed by atoms with Crippen molar-refractivity contribution in [2.75, 3.05) is 19.7 Å². The Balaban J connectivity index is 0.000000481. The Kier molecular flexibility index (Phi) is 9.24. The van der Waals surface area contributed by atoms with Crippen molar-refractivity contribution in [3.63, 3.8) is 0 Å². The van der Waals surface area contributed by atoms with Crippen LogP contribution in [0.25, 0.3) is 5.69 Å². The van der Waals surface area contributed by atoms with Gasteiger partial charge >= 0.3 is 0 Å². The van der Waals surface area contributed by atoms with E-state index in [1.807, 2.05) is 56.3 Å². The lowest BCUT2D eigenvalue weighted by molar-refractivity contribution is 0.308. The molecular weight excluding hydrogens is 448 g/mol. The summed E-state index contributed by atoms with van der Waals surface area (Å²) in [6.45, 7) is 12.3. The molecular formula is C26H33ClN6O. The first-order valence-electron chi connectivity index (χ1n) is 11.5. The van der Waals surface area contributed by atoms with Gasteiger partial charge in [0.05, 0.1) is 18.0 Å². The first-order valence-corrected chi connectivity index (χ1v) is 11.9. The van der Waals surface area contributed by atoms with Gasteiger partial charge in [-0.1, -0.05) is 30.3 Å². The zero-order valence-corrected chi connectivity index (χ0v) is 20.9. The van der Waals surface area contributed by atoms with Crippen molar-refractivity contribution in [3.05, 3.63) is 82.5 Å². The summed E-state index contributed by atoms with van der Waals surface area (Å²) in [7, 11) is 0. The SMILES string of the molecule is C=C(C)NCC.Cc1nnc2n1-c1ccc(OCCCCN)cc1C(c1ccc(Cl)cc1)=NC2. The van der Waals surface area contributed by atoms with Crippen LogP contribution in [0.1, 0.15) is 49.5 Å². The molecule has 1 aromatic heterocycles. The summed E-state index contributed by atoms with van der Waals surface area (Å²) in [4.78, 5) is 4.85. The van der Waals surface area contributed by atoms with Crippen molar-refractivity contribution in [3.8, 4) is 11.4 Å². The average molecular weight is 481 g/mol. The maximum absolute atomic E-state index is 6.08. The second-order valence-corrected chi connectivity index (χ2v) is 8.44. The van der Waals surface area contributed by atoms with Crippen LogP contribution in [-0.4, -0.2) is 40.2 Å². The first kappa shape index (κ1) is 25.5. The van der Waals surface area contributed by atoms with E-state index in [1.54, 1.807) is 0 Å². The van der Waals surface area contributed by atoms with E-state index in [0.29, 0.717) is 24.7 Å². The van der Waals surface area contributed by atoms with Gasteiger partial charge in [0.25, 0.3) is 0 Å². The Morgan fingerprint density at radius 1 is 1.18 bits per heavy atom. The number of benzene rings is 2. The number of fused-ring (bicyclic) bond motifs is 3. The number of allylic oxidation sites excluding steroid dienone is 1. The molecule has 0 atom stereocenters. The van der Waals surface area contributed by atoms with E-state index in [0.717, 1.165) is 65.0 Å². The van der Waals surface area contributed by atoms with E-state index in [-0.39, 0.29) is 0 Å². The number of aryl methyl sites for hydroxylation is 1. The number of aliphatic imine (C=N–C) groups is 1. The summed E-state index contributed by atoms with van der Waals surface area (Å²) < 4.78 is 8.00. The molecule has 34 heavy (non-hydrogen) atoms. The molecule has 0 amide bonds. The molecule has 8 heteroatoms. The van der Waals surface area contributed by atoms with Crippen LogP contribution in [0, 0.1) is 6.92 Å². The average Bonchev–Trinajstić information content (AvgIpc) is 3.10. The number of ether oxygens (including phenoxy) is 1. The molecule has 1 aliphatic heterocycles. The molecule has 0 unspecified atom stereocenters. The number of rotatable bonds is 8. The smallest absolute Gasteiger partial charge is 0.159 e. The van der Waals surface area contributed by atoms with Crippen molar-refractivity contribution in [1.82, 2.24) is 20.1 Å². The van der Waals surface area contributed by atoms with Gasteiger partial charge in [-0.2, -0.15) is 0 Å². The minimum atomic E-state index is 0.459.